The third-order valence-corrected chi connectivity index (χ3v) is 6.34. The van der Waals surface area contributed by atoms with Crippen LogP contribution in [0.4, 0.5) is 28.0 Å². The van der Waals surface area contributed by atoms with Crippen molar-refractivity contribution in [2.24, 2.45) is 0 Å². The van der Waals surface area contributed by atoms with E-state index in [1.54, 1.807) is 6.07 Å². The molecule has 190 valence electrons. The van der Waals surface area contributed by atoms with Crippen molar-refractivity contribution >= 4 is 46.3 Å². The number of carbonyl (C=O) groups excluding carboxylic acids is 2. The highest BCUT2D eigenvalue weighted by Crippen LogP contribution is 2.39. The van der Waals surface area contributed by atoms with Gasteiger partial charge in [0.2, 0.25) is 5.75 Å². The highest BCUT2D eigenvalue weighted by molar-refractivity contribution is 8.18. The molecule has 0 radical (unpaired) electrons. The molecule has 0 atom stereocenters. The van der Waals surface area contributed by atoms with Gasteiger partial charge in [-0.25, -0.2) is 4.39 Å². The minimum atomic E-state index is -4.77. The quantitative estimate of drug-likeness (QED) is 0.137. The van der Waals surface area contributed by atoms with Crippen molar-refractivity contribution in [3.05, 3.63) is 103 Å². The number of nitro groups is 1. The summed E-state index contributed by atoms with van der Waals surface area (Å²) >= 11 is 6.66. The first-order valence-electron chi connectivity index (χ1n) is 10.3. The third kappa shape index (κ3) is 5.92. The first-order chi connectivity index (χ1) is 17.4. The van der Waals surface area contributed by atoms with E-state index in [1.165, 1.54) is 30.3 Å². The van der Waals surface area contributed by atoms with Crippen LogP contribution in [0, 0.1) is 15.9 Å². The van der Waals surface area contributed by atoms with E-state index in [2.05, 4.69) is 0 Å². The Hall–Kier alpha value is -3.90. The van der Waals surface area contributed by atoms with E-state index in [4.69, 9.17) is 16.3 Å². The van der Waals surface area contributed by atoms with E-state index in [0.29, 0.717) is 35.0 Å². The van der Waals surface area contributed by atoms with E-state index < -0.39 is 45.1 Å². The molecule has 0 saturated carbocycles. The van der Waals surface area contributed by atoms with E-state index in [0.717, 1.165) is 23.1 Å². The lowest BCUT2D eigenvalue weighted by Crippen LogP contribution is -2.27. The molecule has 1 aliphatic heterocycles. The Morgan fingerprint density at radius 1 is 1.08 bits per heavy atom. The van der Waals surface area contributed by atoms with Crippen molar-refractivity contribution < 1.29 is 36.8 Å². The van der Waals surface area contributed by atoms with E-state index >= 15 is 0 Å². The number of benzene rings is 3. The van der Waals surface area contributed by atoms with Crippen LogP contribution in [0.5, 0.6) is 11.5 Å². The van der Waals surface area contributed by atoms with Crippen LogP contribution in [-0.4, -0.2) is 21.0 Å². The van der Waals surface area contributed by atoms with Crippen LogP contribution in [0.3, 0.4) is 0 Å². The molecule has 1 aliphatic rings. The Morgan fingerprint density at radius 2 is 1.84 bits per heavy atom. The lowest BCUT2D eigenvalue weighted by Gasteiger charge is -2.13. The monoisotopic (exact) mass is 552 g/mol. The minimum Gasteiger partial charge on any atom is -0.450 e. The van der Waals surface area contributed by atoms with Crippen LogP contribution < -0.4 is 4.74 Å². The van der Waals surface area contributed by atoms with Crippen LogP contribution in [0.1, 0.15) is 16.7 Å². The molecule has 0 spiro atoms. The second-order valence-electron chi connectivity index (χ2n) is 7.62. The summed E-state index contributed by atoms with van der Waals surface area (Å²) in [6, 6.07) is 11.4. The highest BCUT2D eigenvalue weighted by Gasteiger charge is 2.36. The van der Waals surface area contributed by atoms with Crippen LogP contribution in [-0.2, 0) is 17.5 Å². The lowest BCUT2D eigenvalue weighted by molar-refractivity contribution is -0.385. The van der Waals surface area contributed by atoms with E-state index in [-0.39, 0.29) is 22.2 Å². The van der Waals surface area contributed by atoms with Gasteiger partial charge in [-0.2, -0.15) is 13.2 Å². The maximum absolute atomic E-state index is 13.3. The lowest BCUT2D eigenvalue weighted by atomic mass is 10.1. The molecular weight excluding hydrogens is 540 g/mol. The van der Waals surface area contributed by atoms with Crippen molar-refractivity contribution in [3.8, 4) is 11.5 Å². The zero-order valence-electron chi connectivity index (χ0n) is 18.3. The van der Waals surface area contributed by atoms with Crippen molar-refractivity contribution in [3.63, 3.8) is 0 Å². The first kappa shape index (κ1) is 26.2. The van der Waals surface area contributed by atoms with Crippen molar-refractivity contribution in [1.29, 1.82) is 0 Å². The van der Waals surface area contributed by atoms with E-state index in [9.17, 15) is 37.3 Å². The Balaban J connectivity index is 1.56. The topological polar surface area (TPSA) is 89.7 Å². The Morgan fingerprint density at radius 3 is 2.51 bits per heavy atom. The van der Waals surface area contributed by atoms with Crippen molar-refractivity contribution in [2.75, 3.05) is 0 Å². The molecule has 3 aromatic carbocycles. The molecule has 0 N–H and O–H groups in total. The summed E-state index contributed by atoms with van der Waals surface area (Å²) in [5.74, 6) is -1.54. The van der Waals surface area contributed by atoms with Crippen LogP contribution in [0.2, 0.25) is 5.02 Å². The van der Waals surface area contributed by atoms with Crippen LogP contribution in [0.15, 0.2) is 65.6 Å². The summed E-state index contributed by atoms with van der Waals surface area (Å²) in [4.78, 5) is 36.6. The van der Waals surface area contributed by atoms with Crippen molar-refractivity contribution in [1.82, 2.24) is 4.90 Å². The zero-order valence-corrected chi connectivity index (χ0v) is 19.9. The SMILES string of the molecule is O=C1S/C(=C\c2cccc(Oc3ccc(C(F)(F)F)cc3[N+](=O)[O-])c2)C(=O)N1Cc1ccc(F)cc1Cl. The molecule has 0 bridgehead atoms. The molecule has 13 heteroatoms. The number of imide groups is 1. The van der Waals surface area contributed by atoms with Gasteiger partial charge in [-0.3, -0.25) is 24.6 Å². The fraction of sp³-hybridized carbons (Fsp3) is 0.0833. The normalized spacial score (nSPS) is 14.9. The summed E-state index contributed by atoms with van der Waals surface area (Å²) in [6.45, 7) is -0.165. The predicted octanol–water partition coefficient (Wildman–Crippen LogP) is 7.43. The average Bonchev–Trinajstić information content (AvgIpc) is 3.07. The number of amides is 2. The molecule has 0 unspecified atom stereocenters. The number of nitro benzene ring substituents is 1. The number of hydrogen-bond acceptors (Lipinski definition) is 6. The molecule has 4 rings (SSSR count). The fourth-order valence-corrected chi connectivity index (χ4v) is 4.39. The standard InChI is InChI=1S/C24H13ClF4N2O5S/c25-18-11-16(26)6-4-14(18)12-30-22(32)21(37-23(30)33)9-13-2-1-3-17(8-13)36-20-7-5-15(24(27,28)29)10-19(20)31(34)35/h1-11H,12H2/b21-9-. The third-order valence-electron chi connectivity index (χ3n) is 5.08. The molecule has 7 nitrogen and oxygen atoms in total. The van der Waals surface area contributed by atoms with Gasteiger partial charge >= 0.3 is 11.9 Å². The number of alkyl halides is 3. The summed E-state index contributed by atoms with van der Waals surface area (Å²) in [5, 5.41) is 10.8. The molecule has 1 fully saturated rings. The van der Waals surface area contributed by atoms with Crippen LogP contribution in [0.25, 0.3) is 6.08 Å². The minimum absolute atomic E-state index is 0.0499. The first-order valence-corrected chi connectivity index (χ1v) is 11.4. The number of carbonyl (C=O) groups is 2. The number of rotatable bonds is 6. The van der Waals surface area contributed by atoms with Gasteiger partial charge in [-0.1, -0.05) is 29.8 Å². The summed E-state index contributed by atoms with van der Waals surface area (Å²) in [6.07, 6.45) is -3.38. The van der Waals surface area contributed by atoms with Gasteiger partial charge in [-0.05, 0) is 65.4 Å². The summed E-state index contributed by atoms with van der Waals surface area (Å²) in [7, 11) is 0. The Labute approximate surface area is 215 Å². The Kier molecular flexibility index (Phi) is 7.23. The molecule has 3 aromatic rings. The predicted molar refractivity (Wildman–Crippen MR) is 128 cm³/mol. The van der Waals surface area contributed by atoms with Gasteiger partial charge in [0, 0.05) is 11.1 Å². The van der Waals surface area contributed by atoms with Gasteiger partial charge < -0.3 is 4.74 Å². The second-order valence-corrected chi connectivity index (χ2v) is 9.02. The fourth-order valence-electron chi connectivity index (χ4n) is 3.33. The molecule has 0 aromatic heterocycles. The van der Waals surface area contributed by atoms with Crippen molar-refractivity contribution in [2.45, 2.75) is 12.7 Å². The molecule has 1 saturated heterocycles. The number of ether oxygens (including phenoxy) is 1. The highest BCUT2D eigenvalue weighted by atomic mass is 35.5. The van der Waals surface area contributed by atoms with Gasteiger partial charge in [0.15, 0.2) is 0 Å². The van der Waals surface area contributed by atoms with E-state index in [1.807, 2.05) is 0 Å². The van der Waals surface area contributed by atoms with Gasteiger partial charge in [0.25, 0.3) is 11.1 Å². The number of hydrogen-bond donors (Lipinski definition) is 0. The number of nitrogens with zero attached hydrogens (tertiary/aromatic N) is 2. The van der Waals surface area contributed by atoms with Crippen LogP contribution >= 0.6 is 23.4 Å². The molecule has 0 aliphatic carbocycles. The average molecular weight is 553 g/mol. The van der Waals surface area contributed by atoms with Gasteiger partial charge in [-0.15, -0.1) is 0 Å². The molecule has 2 amide bonds. The number of halogens is 5. The molecular formula is C24H13ClF4N2O5S. The summed E-state index contributed by atoms with van der Waals surface area (Å²) < 4.78 is 57.5. The molecule has 1 heterocycles. The summed E-state index contributed by atoms with van der Waals surface area (Å²) in [5.41, 5.74) is -1.31. The maximum Gasteiger partial charge on any atom is 0.416 e. The van der Waals surface area contributed by atoms with Gasteiger partial charge in [0.05, 0.1) is 21.9 Å². The number of thioether (sulfide) groups is 1. The van der Waals surface area contributed by atoms with Gasteiger partial charge in [0.1, 0.15) is 11.6 Å². The maximum atomic E-state index is 13.3. The Bertz CT molecular complexity index is 1460. The zero-order chi connectivity index (χ0) is 26.9. The second kappa shape index (κ2) is 10.2. The smallest absolute Gasteiger partial charge is 0.416 e. The largest absolute Gasteiger partial charge is 0.450 e. The molecule has 37 heavy (non-hydrogen) atoms.